The number of fused-ring (bicyclic) bond motifs is 7. The summed E-state index contributed by atoms with van der Waals surface area (Å²) in [6.45, 7) is 0. The summed E-state index contributed by atoms with van der Waals surface area (Å²) in [5.74, 6) is 1.66. The molecule has 2 N–H and O–H groups in total. The fourth-order valence-corrected chi connectivity index (χ4v) is 5.96. The Morgan fingerprint density at radius 1 is 1.08 bits per heavy atom. The van der Waals surface area contributed by atoms with Crippen molar-refractivity contribution in [2.24, 2.45) is 17.8 Å². The molecule has 2 fully saturated rings. The van der Waals surface area contributed by atoms with E-state index in [2.05, 4.69) is 51.6 Å². The number of halogens is 1. The van der Waals surface area contributed by atoms with Gasteiger partial charge in [0.2, 0.25) is 0 Å². The monoisotopic (exact) mass is 397 g/mol. The lowest BCUT2D eigenvalue weighted by Crippen LogP contribution is -2.36. The Hall–Kier alpha value is -1.81. The van der Waals surface area contributed by atoms with E-state index in [0.29, 0.717) is 23.3 Å². The molecule has 0 aromatic heterocycles. The van der Waals surface area contributed by atoms with Crippen LogP contribution < -0.4 is 5.32 Å². The van der Waals surface area contributed by atoms with E-state index in [-0.39, 0.29) is 6.04 Å². The largest absolute Gasteiger partial charge is 0.478 e. The van der Waals surface area contributed by atoms with Gasteiger partial charge in [0.05, 0.1) is 17.3 Å². The molecule has 4 heteroatoms. The number of anilines is 1. The van der Waals surface area contributed by atoms with Crippen LogP contribution in [0.1, 0.15) is 52.7 Å². The van der Waals surface area contributed by atoms with Crippen LogP contribution in [0.5, 0.6) is 0 Å². The maximum Gasteiger partial charge on any atom is 0.337 e. The molecule has 0 amide bonds. The average molecular weight is 398 g/mol. The number of benzene rings is 2. The maximum atomic E-state index is 11.8. The molecule has 0 unspecified atom stereocenters. The van der Waals surface area contributed by atoms with Crippen molar-refractivity contribution in [2.45, 2.75) is 31.2 Å². The number of para-hydroxylation sites is 1. The summed E-state index contributed by atoms with van der Waals surface area (Å²) in [5, 5.41) is 13.3. The lowest BCUT2D eigenvalue weighted by atomic mass is 9.67. The van der Waals surface area contributed by atoms with E-state index in [4.69, 9.17) is 0 Å². The molecule has 0 radical (unpaired) electrons. The lowest BCUT2D eigenvalue weighted by molar-refractivity contribution is 0.0697. The zero-order valence-electron chi connectivity index (χ0n) is 13.8. The van der Waals surface area contributed by atoms with Crippen LogP contribution in [-0.2, 0) is 0 Å². The van der Waals surface area contributed by atoms with Gasteiger partial charge in [0.15, 0.2) is 0 Å². The minimum Gasteiger partial charge on any atom is -0.478 e. The molecule has 2 aliphatic carbocycles. The van der Waals surface area contributed by atoms with Crippen LogP contribution in [0.2, 0.25) is 0 Å². The van der Waals surface area contributed by atoms with Gasteiger partial charge in [0, 0.05) is 4.47 Å². The maximum absolute atomic E-state index is 11.8. The first-order chi connectivity index (χ1) is 12.1. The number of carbonyl (C=O) groups is 1. The van der Waals surface area contributed by atoms with Crippen molar-refractivity contribution < 1.29 is 9.90 Å². The first kappa shape index (κ1) is 15.4. The van der Waals surface area contributed by atoms with Crippen molar-refractivity contribution in [3.8, 4) is 0 Å². The molecule has 1 heterocycles. The molecule has 2 aromatic rings. The predicted molar refractivity (Wildman–Crippen MR) is 101 cm³/mol. The Labute approximate surface area is 155 Å². The van der Waals surface area contributed by atoms with E-state index in [1.54, 1.807) is 6.07 Å². The SMILES string of the molecule is O=C(O)c1cccc2c1N[C@@H](c1ccc(Br)cc1)[C@H]1[C@@H]3CC[C@@H](C3)[C@@H]21. The van der Waals surface area contributed by atoms with Gasteiger partial charge in [-0.25, -0.2) is 4.79 Å². The summed E-state index contributed by atoms with van der Waals surface area (Å²) in [5.41, 5.74) is 3.74. The number of aromatic carboxylic acids is 1. The minimum absolute atomic E-state index is 0.196. The number of rotatable bonds is 2. The van der Waals surface area contributed by atoms with Gasteiger partial charge in [-0.05, 0) is 72.3 Å². The fraction of sp³-hybridized carbons (Fsp3) is 0.381. The highest BCUT2D eigenvalue weighted by molar-refractivity contribution is 9.10. The second-order valence-corrected chi connectivity index (χ2v) is 8.60. The topological polar surface area (TPSA) is 49.3 Å². The van der Waals surface area contributed by atoms with Gasteiger partial charge < -0.3 is 10.4 Å². The van der Waals surface area contributed by atoms with E-state index in [1.807, 2.05) is 6.07 Å². The van der Waals surface area contributed by atoms with Crippen LogP contribution >= 0.6 is 15.9 Å². The highest BCUT2D eigenvalue weighted by Crippen LogP contribution is 2.63. The van der Waals surface area contributed by atoms with Crippen molar-refractivity contribution in [2.75, 3.05) is 5.32 Å². The first-order valence-corrected chi connectivity index (χ1v) is 9.81. The number of nitrogens with one attached hydrogen (secondary N) is 1. The first-order valence-electron chi connectivity index (χ1n) is 9.01. The molecule has 0 spiro atoms. The van der Waals surface area contributed by atoms with E-state index in [0.717, 1.165) is 16.1 Å². The Balaban J connectivity index is 1.67. The standard InChI is InChI=1S/C21H20BrNO2/c22-14-8-6-11(7-9-14)19-18-13-5-4-12(10-13)17(18)15-2-1-3-16(21(24)25)20(15)23-19/h1-3,6-9,12-13,17-19,23H,4-5,10H2,(H,24,25)/t12-,13+,17-,18-,19-/m0/s1. The van der Waals surface area contributed by atoms with Gasteiger partial charge in [0.1, 0.15) is 0 Å². The molecule has 2 aromatic carbocycles. The molecule has 5 rings (SSSR count). The Kier molecular flexibility index (Phi) is 3.46. The molecule has 3 aliphatic rings. The second kappa shape index (κ2) is 5.60. The van der Waals surface area contributed by atoms with E-state index in [9.17, 15) is 9.90 Å². The Morgan fingerprint density at radius 3 is 2.60 bits per heavy atom. The van der Waals surface area contributed by atoms with Crippen molar-refractivity contribution in [1.82, 2.24) is 0 Å². The summed E-state index contributed by atoms with van der Waals surface area (Å²) in [7, 11) is 0. The smallest absolute Gasteiger partial charge is 0.337 e. The molecule has 128 valence electrons. The van der Waals surface area contributed by atoms with Crippen LogP contribution in [-0.4, -0.2) is 11.1 Å². The van der Waals surface area contributed by atoms with Crippen molar-refractivity contribution in [3.63, 3.8) is 0 Å². The van der Waals surface area contributed by atoms with Crippen LogP contribution in [0, 0.1) is 17.8 Å². The fourth-order valence-electron chi connectivity index (χ4n) is 5.69. The quantitative estimate of drug-likeness (QED) is 0.708. The third kappa shape index (κ3) is 2.27. The second-order valence-electron chi connectivity index (χ2n) is 7.68. The molecule has 2 saturated carbocycles. The van der Waals surface area contributed by atoms with Crippen LogP contribution in [0.4, 0.5) is 5.69 Å². The number of carboxylic acid groups (broad SMARTS) is 1. The third-order valence-electron chi connectivity index (χ3n) is 6.58. The predicted octanol–water partition coefficient (Wildman–Crippen LogP) is 5.44. The molecule has 3 nitrogen and oxygen atoms in total. The summed E-state index contributed by atoms with van der Waals surface area (Å²) in [6.07, 6.45) is 3.89. The summed E-state index contributed by atoms with van der Waals surface area (Å²) in [6, 6.07) is 14.5. The lowest BCUT2D eigenvalue weighted by Gasteiger charge is -2.44. The van der Waals surface area contributed by atoms with Gasteiger partial charge >= 0.3 is 5.97 Å². The van der Waals surface area contributed by atoms with Crippen LogP contribution in [0.3, 0.4) is 0 Å². The third-order valence-corrected chi connectivity index (χ3v) is 7.11. The summed E-state index contributed by atoms with van der Waals surface area (Å²) >= 11 is 3.52. The summed E-state index contributed by atoms with van der Waals surface area (Å²) in [4.78, 5) is 11.8. The Morgan fingerprint density at radius 2 is 1.84 bits per heavy atom. The van der Waals surface area contributed by atoms with Crippen molar-refractivity contribution in [1.29, 1.82) is 0 Å². The average Bonchev–Trinajstić information content (AvgIpc) is 3.23. The van der Waals surface area contributed by atoms with Crippen molar-refractivity contribution >= 4 is 27.6 Å². The molecule has 5 atom stereocenters. The molecule has 0 saturated heterocycles. The molecule has 1 aliphatic heterocycles. The minimum atomic E-state index is -0.847. The van der Waals surface area contributed by atoms with Crippen LogP contribution in [0.25, 0.3) is 0 Å². The normalized spacial score (nSPS) is 32.0. The Bertz CT molecular complexity index is 847. The van der Waals surface area contributed by atoms with Gasteiger partial charge in [0.25, 0.3) is 0 Å². The molecular weight excluding hydrogens is 378 g/mol. The summed E-state index contributed by atoms with van der Waals surface area (Å²) < 4.78 is 1.07. The zero-order chi connectivity index (χ0) is 17.1. The van der Waals surface area contributed by atoms with Gasteiger partial charge in [-0.2, -0.15) is 0 Å². The molecule has 25 heavy (non-hydrogen) atoms. The van der Waals surface area contributed by atoms with Crippen molar-refractivity contribution in [3.05, 3.63) is 63.6 Å². The van der Waals surface area contributed by atoms with E-state index < -0.39 is 5.97 Å². The highest BCUT2D eigenvalue weighted by Gasteiger charge is 2.54. The van der Waals surface area contributed by atoms with Gasteiger partial charge in [-0.3, -0.25) is 0 Å². The molecular formula is C21H20BrNO2. The molecule has 2 bridgehead atoms. The van der Waals surface area contributed by atoms with Gasteiger partial charge in [-0.15, -0.1) is 0 Å². The number of carboxylic acids is 1. The van der Waals surface area contributed by atoms with E-state index >= 15 is 0 Å². The highest BCUT2D eigenvalue weighted by atomic mass is 79.9. The number of hydrogen-bond acceptors (Lipinski definition) is 2. The van der Waals surface area contributed by atoms with Crippen LogP contribution in [0.15, 0.2) is 46.9 Å². The van der Waals surface area contributed by atoms with E-state index in [1.165, 1.54) is 30.4 Å². The number of hydrogen-bond donors (Lipinski definition) is 2. The zero-order valence-corrected chi connectivity index (χ0v) is 15.4. The van der Waals surface area contributed by atoms with Gasteiger partial charge in [-0.1, -0.05) is 40.2 Å².